The average Bonchev–Trinajstić information content (AvgIpc) is 2.28. The van der Waals surface area contributed by atoms with Crippen LogP contribution in [0.15, 0.2) is 18.2 Å². The van der Waals surface area contributed by atoms with Crippen molar-refractivity contribution in [2.45, 2.75) is 6.42 Å². The van der Waals surface area contributed by atoms with Crippen molar-refractivity contribution in [2.24, 2.45) is 0 Å². The maximum Gasteiger partial charge on any atom is 0.170 e. The topological polar surface area (TPSA) is 33.3 Å². The summed E-state index contributed by atoms with van der Waals surface area (Å²) in [4.78, 5) is 0. The second-order valence-corrected chi connectivity index (χ2v) is 4.17. The highest BCUT2D eigenvalue weighted by Crippen LogP contribution is 2.22. The normalized spacial score (nSPS) is 10.1. The van der Waals surface area contributed by atoms with E-state index < -0.39 is 0 Å². The van der Waals surface area contributed by atoms with E-state index in [0.717, 1.165) is 6.42 Å². The number of halogens is 2. The minimum absolute atomic E-state index is 0.297. The van der Waals surface area contributed by atoms with Gasteiger partial charge in [0.05, 0.1) is 10.7 Å². The first-order valence-corrected chi connectivity index (χ1v) is 5.91. The van der Waals surface area contributed by atoms with Crippen molar-refractivity contribution in [1.29, 1.82) is 0 Å². The Kier molecular flexibility index (Phi) is 6.18. The predicted octanol–water partition coefficient (Wildman–Crippen LogP) is 2.80. The van der Waals surface area contributed by atoms with Gasteiger partial charge < -0.3 is 15.4 Å². The van der Waals surface area contributed by atoms with Gasteiger partial charge in [0.2, 0.25) is 0 Å². The van der Waals surface area contributed by atoms with Crippen LogP contribution in [-0.4, -0.2) is 25.4 Å². The molecule has 0 aliphatic rings. The molecule has 0 aliphatic heterocycles. The highest BCUT2D eigenvalue weighted by atomic mass is 35.5. The zero-order valence-electron chi connectivity index (χ0n) is 9.43. The molecule has 0 spiro atoms. The number of anilines is 1. The number of rotatable bonds is 5. The number of nitrogens with one attached hydrogen (secondary N) is 2. The van der Waals surface area contributed by atoms with Crippen molar-refractivity contribution in [3.8, 4) is 0 Å². The second-order valence-electron chi connectivity index (χ2n) is 3.35. The van der Waals surface area contributed by atoms with Crippen LogP contribution < -0.4 is 10.6 Å². The summed E-state index contributed by atoms with van der Waals surface area (Å²) in [5.74, 6) is -0.375. The van der Waals surface area contributed by atoms with Crippen LogP contribution in [0.3, 0.4) is 0 Å². The van der Waals surface area contributed by atoms with Gasteiger partial charge in [0, 0.05) is 20.3 Å². The molecule has 1 aromatic carbocycles. The monoisotopic (exact) mass is 276 g/mol. The Labute approximate surface area is 110 Å². The van der Waals surface area contributed by atoms with Gasteiger partial charge in [-0.2, -0.15) is 0 Å². The Morgan fingerprint density at radius 2 is 2.29 bits per heavy atom. The van der Waals surface area contributed by atoms with Crippen molar-refractivity contribution in [2.75, 3.05) is 25.6 Å². The van der Waals surface area contributed by atoms with Gasteiger partial charge in [-0.05, 0) is 36.8 Å². The highest BCUT2D eigenvalue weighted by Gasteiger charge is 2.03. The first kappa shape index (κ1) is 14.2. The molecule has 0 bridgehead atoms. The average molecular weight is 277 g/mol. The molecule has 0 heterocycles. The van der Waals surface area contributed by atoms with Gasteiger partial charge in [-0.1, -0.05) is 11.6 Å². The Hall–Kier alpha value is -0.910. The lowest BCUT2D eigenvalue weighted by molar-refractivity contribution is 0.196. The molecule has 0 radical (unpaired) electrons. The molecule has 0 amide bonds. The first-order chi connectivity index (χ1) is 8.13. The third kappa shape index (κ3) is 5.30. The maximum absolute atomic E-state index is 12.8. The van der Waals surface area contributed by atoms with Crippen molar-refractivity contribution in [3.63, 3.8) is 0 Å². The summed E-state index contributed by atoms with van der Waals surface area (Å²) in [5, 5.41) is 6.64. The van der Waals surface area contributed by atoms with Gasteiger partial charge in [-0.3, -0.25) is 0 Å². The largest absolute Gasteiger partial charge is 0.385 e. The van der Waals surface area contributed by atoms with Crippen LogP contribution in [0, 0.1) is 5.82 Å². The molecule has 3 nitrogen and oxygen atoms in total. The number of ether oxygens (including phenoxy) is 1. The maximum atomic E-state index is 12.8. The van der Waals surface area contributed by atoms with E-state index in [4.69, 9.17) is 28.6 Å². The Morgan fingerprint density at radius 3 is 2.94 bits per heavy atom. The zero-order chi connectivity index (χ0) is 12.7. The van der Waals surface area contributed by atoms with E-state index in [-0.39, 0.29) is 5.82 Å². The fourth-order valence-corrected chi connectivity index (χ4v) is 1.60. The summed E-state index contributed by atoms with van der Waals surface area (Å²) in [6.45, 7) is 1.38. The first-order valence-electron chi connectivity index (χ1n) is 5.12. The molecule has 0 saturated carbocycles. The Bertz CT molecular complexity index is 390. The quantitative estimate of drug-likeness (QED) is 0.640. The molecule has 0 aromatic heterocycles. The van der Waals surface area contributed by atoms with E-state index in [1.807, 2.05) is 0 Å². The third-order valence-electron chi connectivity index (χ3n) is 1.99. The molecule has 2 N–H and O–H groups in total. The van der Waals surface area contributed by atoms with E-state index >= 15 is 0 Å². The molecule has 17 heavy (non-hydrogen) atoms. The molecule has 0 atom stereocenters. The van der Waals surface area contributed by atoms with E-state index in [1.54, 1.807) is 13.2 Å². The van der Waals surface area contributed by atoms with Crippen LogP contribution in [0.2, 0.25) is 5.02 Å². The Balaban J connectivity index is 2.40. The van der Waals surface area contributed by atoms with Crippen molar-refractivity contribution < 1.29 is 9.13 Å². The van der Waals surface area contributed by atoms with Crippen molar-refractivity contribution in [1.82, 2.24) is 5.32 Å². The lowest BCUT2D eigenvalue weighted by Gasteiger charge is -2.11. The standard InChI is InChI=1S/C11H14ClFN2OS/c1-16-6-2-5-14-11(17)15-10-4-3-8(13)7-9(10)12/h3-4,7H,2,5-6H2,1H3,(H2,14,15,17). The van der Waals surface area contributed by atoms with Crippen LogP contribution >= 0.6 is 23.8 Å². The molecular formula is C11H14ClFN2OS. The smallest absolute Gasteiger partial charge is 0.170 e. The zero-order valence-corrected chi connectivity index (χ0v) is 11.0. The van der Waals surface area contributed by atoms with Crippen molar-refractivity contribution in [3.05, 3.63) is 29.0 Å². The van der Waals surface area contributed by atoms with Crippen LogP contribution in [0.4, 0.5) is 10.1 Å². The highest BCUT2D eigenvalue weighted by molar-refractivity contribution is 7.80. The van der Waals surface area contributed by atoms with Crippen LogP contribution in [-0.2, 0) is 4.74 Å². The van der Waals surface area contributed by atoms with E-state index in [0.29, 0.717) is 29.0 Å². The van der Waals surface area contributed by atoms with Gasteiger partial charge in [0.1, 0.15) is 5.82 Å². The van der Waals surface area contributed by atoms with E-state index in [9.17, 15) is 4.39 Å². The van der Waals surface area contributed by atoms with Crippen molar-refractivity contribution >= 4 is 34.6 Å². The van der Waals surface area contributed by atoms with E-state index in [2.05, 4.69) is 10.6 Å². The summed E-state index contributed by atoms with van der Waals surface area (Å²) < 4.78 is 17.7. The predicted molar refractivity (Wildman–Crippen MR) is 72.1 cm³/mol. The summed E-state index contributed by atoms with van der Waals surface area (Å²) >= 11 is 10.9. The third-order valence-corrected chi connectivity index (χ3v) is 2.55. The number of thiocarbonyl (C=S) groups is 1. The SMILES string of the molecule is COCCCNC(=S)Nc1ccc(F)cc1Cl. The molecule has 94 valence electrons. The second kappa shape index (κ2) is 7.42. The minimum atomic E-state index is -0.375. The summed E-state index contributed by atoms with van der Waals surface area (Å²) in [5.41, 5.74) is 0.581. The van der Waals surface area contributed by atoms with Crippen LogP contribution in [0.5, 0.6) is 0 Å². The molecule has 1 rings (SSSR count). The lowest BCUT2D eigenvalue weighted by Crippen LogP contribution is -2.29. The summed E-state index contributed by atoms with van der Waals surface area (Å²) in [6.07, 6.45) is 0.857. The Morgan fingerprint density at radius 1 is 1.53 bits per heavy atom. The molecule has 0 unspecified atom stereocenters. The van der Waals surface area contributed by atoms with Gasteiger partial charge >= 0.3 is 0 Å². The number of methoxy groups -OCH3 is 1. The number of hydrogen-bond acceptors (Lipinski definition) is 2. The van der Waals surface area contributed by atoms with Gasteiger partial charge in [-0.15, -0.1) is 0 Å². The minimum Gasteiger partial charge on any atom is -0.385 e. The van der Waals surface area contributed by atoms with Gasteiger partial charge in [-0.25, -0.2) is 4.39 Å². The fraction of sp³-hybridized carbons (Fsp3) is 0.364. The fourth-order valence-electron chi connectivity index (χ4n) is 1.18. The lowest BCUT2D eigenvalue weighted by atomic mass is 10.3. The van der Waals surface area contributed by atoms with Crippen LogP contribution in [0.1, 0.15) is 6.42 Å². The number of benzene rings is 1. The molecule has 0 saturated heterocycles. The molecule has 6 heteroatoms. The van der Waals surface area contributed by atoms with E-state index in [1.165, 1.54) is 12.1 Å². The number of hydrogen-bond donors (Lipinski definition) is 2. The molecule has 1 aromatic rings. The molecular weight excluding hydrogens is 263 g/mol. The molecule has 0 fully saturated rings. The van der Waals surface area contributed by atoms with Crippen LogP contribution in [0.25, 0.3) is 0 Å². The van der Waals surface area contributed by atoms with Gasteiger partial charge in [0.25, 0.3) is 0 Å². The summed E-state index contributed by atoms with van der Waals surface area (Å²) in [7, 11) is 1.65. The summed E-state index contributed by atoms with van der Waals surface area (Å²) in [6, 6.07) is 4.10. The van der Waals surface area contributed by atoms with Gasteiger partial charge in [0.15, 0.2) is 5.11 Å². The molecule has 0 aliphatic carbocycles.